The summed E-state index contributed by atoms with van der Waals surface area (Å²) < 4.78 is 15.2. The summed E-state index contributed by atoms with van der Waals surface area (Å²) in [7, 11) is 0. The Labute approximate surface area is 199 Å². The van der Waals surface area contributed by atoms with Gasteiger partial charge in [-0.25, -0.2) is 4.39 Å². The Kier molecular flexibility index (Phi) is 5.26. The van der Waals surface area contributed by atoms with Gasteiger partial charge in [0.25, 0.3) is 5.91 Å². The molecule has 0 aliphatic carbocycles. The zero-order valence-corrected chi connectivity index (χ0v) is 19.6. The summed E-state index contributed by atoms with van der Waals surface area (Å²) in [5, 5.41) is 6.42. The molecule has 0 radical (unpaired) electrons. The van der Waals surface area contributed by atoms with E-state index in [-0.39, 0.29) is 24.2 Å². The van der Waals surface area contributed by atoms with Gasteiger partial charge in [-0.15, -0.1) is 11.3 Å². The summed E-state index contributed by atoms with van der Waals surface area (Å²) in [6, 6.07) is 15.2. The van der Waals surface area contributed by atoms with Gasteiger partial charge in [-0.05, 0) is 66.8 Å². The van der Waals surface area contributed by atoms with Crippen LogP contribution in [0, 0.1) is 12.7 Å². The summed E-state index contributed by atoms with van der Waals surface area (Å²) in [5.74, 6) is -0.893. The third-order valence-electron chi connectivity index (χ3n) is 6.22. The van der Waals surface area contributed by atoms with Crippen molar-refractivity contribution < 1.29 is 14.0 Å². The molecule has 5 nitrogen and oxygen atoms in total. The lowest BCUT2D eigenvalue weighted by Crippen LogP contribution is -2.64. The molecule has 0 spiro atoms. The monoisotopic (exact) mass is 481 g/mol. The van der Waals surface area contributed by atoms with Crippen LogP contribution in [0.5, 0.6) is 0 Å². The second-order valence-corrected chi connectivity index (χ2v) is 9.71. The average molecular weight is 482 g/mol. The lowest BCUT2D eigenvalue weighted by molar-refractivity contribution is -0.126. The van der Waals surface area contributed by atoms with E-state index in [9.17, 15) is 14.0 Å². The molecular weight excluding hydrogens is 461 g/mol. The van der Waals surface area contributed by atoms with Crippen LogP contribution in [-0.2, 0) is 17.9 Å². The predicted molar refractivity (Wildman–Crippen MR) is 129 cm³/mol. The Bertz CT molecular complexity index is 1390. The number of halogens is 2. The molecule has 1 unspecified atom stereocenters. The molecule has 0 bridgehead atoms. The first-order chi connectivity index (χ1) is 15.8. The van der Waals surface area contributed by atoms with E-state index in [4.69, 9.17) is 11.6 Å². The maximum Gasteiger partial charge on any atom is 0.275 e. The molecule has 8 heteroatoms. The SMILES string of the molecule is Cc1c(Cl)cccc1N1C(=O)c2cc3ccsc3n2CC1(C)C(=O)NCc1ccc(F)cc1. The molecule has 0 fully saturated rings. The quantitative estimate of drug-likeness (QED) is 0.416. The number of fused-ring (bicyclic) bond motifs is 3. The Morgan fingerprint density at radius 2 is 1.97 bits per heavy atom. The van der Waals surface area contributed by atoms with E-state index in [1.54, 1.807) is 47.4 Å². The van der Waals surface area contributed by atoms with Gasteiger partial charge in [0.15, 0.2) is 0 Å². The smallest absolute Gasteiger partial charge is 0.275 e. The van der Waals surface area contributed by atoms with Crippen molar-refractivity contribution in [2.45, 2.75) is 32.5 Å². The molecule has 0 saturated carbocycles. The molecule has 1 aliphatic rings. The number of thiophene rings is 1. The second-order valence-electron chi connectivity index (χ2n) is 8.40. The van der Waals surface area contributed by atoms with Crippen LogP contribution in [0.25, 0.3) is 10.2 Å². The zero-order valence-electron chi connectivity index (χ0n) is 18.1. The first-order valence-electron chi connectivity index (χ1n) is 10.5. The van der Waals surface area contributed by atoms with Crippen LogP contribution in [0.3, 0.4) is 0 Å². The van der Waals surface area contributed by atoms with E-state index in [1.807, 2.05) is 35.1 Å². The molecule has 1 atom stereocenters. The minimum absolute atomic E-state index is 0.220. The van der Waals surface area contributed by atoms with Gasteiger partial charge in [0, 0.05) is 22.6 Å². The molecule has 1 N–H and O–H groups in total. The minimum Gasteiger partial charge on any atom is -0.350 e. The number of amides is 2. The topological polar surface area (TPSA) is 54.3 Å². The van der Waals surface area contributed by atoms with Crippen molar-refractivity contribution in [3.8, 4) is 0 Å². The second kappa shape index (κ2) is 8.01. The zero-order chi connectivity index (χ0) is 23.3. The predicted octanol–water partition coefficient (Wildman–Crippen LogP) is 5.54. The lowest BCUT2D eigenvalue weighted by atomic mass is 9.93. The Morgan fingerprint density at radius 3 is 2.73 bits per heavy atom. The number of carbonyl (C=O) groups is 2. The number of nitrogens with one attached hydrogen (secondary N) is 1. The summed E-state index contributed by atoms with van der Waals surface area (Å²) >= 11 is 7.92. The largest absolute Gasteiger partial charge is 0.350 e. The molecular formula is C25H21ClFN3O2S. The summed E-state index contributed by atoms with van der Waals surface area (Å²) in [4.78, 5) is 30.0. The number of hydrogen-bond acceptors (Lipinski definition) is 3. The first kappa shape index (κ1) is 21.7. The summed E-state index contributed by atoms with van der Waals surface area (Å²) in [6.07, 6.45) is 0. The standard InChI is InChI=1S/C25H21ClFN3O2S/c1-15-19(26)4-3-5-20(15)30-22(31)21-12-17-10-11-33-23(17)29(21)14-25(30,2)24(32)28-13-16-6-8-18(27)9-7-16/h3-12H,13-14H2,1-2H3,(H,28,32). The van der Waals surface area contributed by atoms with E-state index >= 15 is 0 Å². The number of carbonyl (C=O) groups excluding carboxylic acids is 2. The fraction of sp³-hybridized carbons (Fsp3) is 0.200. The third-order valence-corrected chi connectivity index (χ3v) is 7.58. The van der Waals surface area contributed by atoms with Crippen LogP contribution in [0.1, 0.15) is 28.5 Å². The van der Waals surface area contributed by atoms with Crippen LogP contribution >= 0.6 is 22.9 Å². The van der Waals surface area contributed by atoms with Crippen molar-refractivity contribution in [1.82, 2.24) is 9.88 Å². The lowest BCUT2D eigenvalue weighted by Gasteiger charge is -2.44. The van der Waals surface area contributed by atoms with Gasteiger partial charge in [-0.1, -0.05) is 29.8 Å². The summed E-state index contributed by atoms with van der Waals surface area (Å²) in [6.45, 7) is 4.12. The minimum atomic E-state index is -1.21. The van der Waals surface area contributed by atoms with Crippen LogP contribution < -0.4 is 10.2 Å². The van der Waals surface area contributed by atoms with Crippen LogP contribution in [0.4, 0.5) is 10.1 Å². The van der Waals surface area contributed by atoms with Gasteiger partial charge in [-0.2, -0.15) is 0 Å². The number of anilines is 1. The van der Waals surface area contributed by atoms with Crippen molar-refractivity contribution in [3.05, 3.63) is 87.6 Å². The summed E-state index contributed by atoms with van der Waals surface area (Å²) in [5.41, 5.74) is 1.42. The molecule has 2 aromatic carbocycles. The number of nitrogens with zero attached hydrogens (tertiary/aromatic N) is 2. The highest BCUT2D eigenvalue weighted by Crippen LogP contribution is 2.39. The Hall–Kier alpha value is -3.16. The van der Waals surface area contributed by atoms with Crippen molar-refractivity contribution in [1.29, 1.82) is 0 Å². The van der Waals surface area contributed by atoms with Crippen LogP contribution in [0.15, 0.2) is 60.0 Å². The molecule has 5 rings (SSSR count). The highest BCUT2D eigenvalue weighted by molar-refractivity contribution is 7.16. The van der Waals surface area contributed by atoms with Crippen molar-refractivity contribution >= 4 is 50.7 Å². The van der Waals surface area contributed by atoms with E-state index in [1.165, 1.54) is 12.1 Å². The number of benzene rings is 2. The maximum absolute atomic E-state index is 13.8. The third kappa shape index (κ3) is 3.52. The fourth-order valence-electron chi connectivity index (χ4n) is 4.39. The van der Waals surface area contributed by atoms with E-state index < -0.39 is 5.54 Å². The number of aromatic nitrogens is 1. The highest BCUT2D eigenvalue weighted by Gasteiger charge is 2.49. The van der Waals surface area contributed by atoms with Crippen molar-refractivity contribution in [3.63, 3.8) is 0 Å². The Morgan fingerprint density at radius 1 is 1.21 bits per heavy atom. The molecule has 3 heterocycles. The van der Waals surface area contributed by atoms with E-state index in [0.29, 0.717) is 22.9 Å². The van der Waals surface area contributed by atoms with Gasteiger partial charge >= 0.3 is 0 Å². The van der Waals surface area contributed by atoms with Gasteiger partial charge in [0.05, 0.1) is 6.54 Å². The maximum atomic E-state index is 13.8. The normalized spacial score (nSPS) is 17.9. The van der Waals surface area contributed by atoms with Crippen molar-refractivity contribution in [2.75, 3.05) is 4.90 Å². The van der Waals surface area contributed by atoms with Gasteiger partial charge in [0.1, 0.15) is 21.9 Å². The van der Waals surface area contributed by atoms with Gasteiger partial charge in [0.2, 0.25) is 5.91 Å². The van der Waals surface area contributed by atoms with E-state index in [2.05, 4.69) is 5.32 Å². The Balaban J connectivity index is 1.58. The number of rotatable bonds is 4. The average Bonchev–Trinajstić information content (AvgIpc) is 3.38. The molecule has 33 heavy (non-hydrogen) atoms. The van der Waals surface area contributed by atoms with E-state index in [0.717, 1.165) is 21.3 Å². The molecule has 168 valence electrons. The molecule has 0 saturated heterocycles. The molecule has 4 aromatic rings. The van der Waals surface area contributed by atoms with Crippen LogP contribution in [-0.4, -0.2) is 21.9 Å². The highest BCUT2D eigenvalue weighted by atomic mass is 35.5. The first-order valence-corrected chi connectivity index (χ1v) is 11.7. The van der Waals surface area contributed by atoms with Crippen LogP contribution in [0.2, 0.25) is 5.02 Å². The molecule has 2 amide bonds. The van der Waals surface area contributed by atoms with Gasteiger partial charge in [-0.3, -0.25) is 14.5 Å². The van der Waals surface area contributed by atoms with Crippen molar-refractivity contribution in [2.24, 2.45) is 0 Å². The molecule has 2 aromatic heterocycles. The number of hydrogen-bond donors (Lipinski definition) is 1. The fourth-order valence-corrected chi connectivity index (χ4v) is 5.45. The molecule has 1 aliphatic heterocycles. The van der Waals surface area contributed by atoms with Gasteiger partial charge < -0.3 is 9.88 Å².